The van der Waals surface area contributed by atoms with E-state index in [9.17, 15) is 9.59 Å². The molecule has 7 heteroatoms. The molecule has 2 heterocycles. The molecule has 0 bridgehead atoms. The summed E-state index contributed by atoms with van der Waals surface area (Å²) in [6.45, 7) is 6.77. The smallest absolute Gasteiger partial charge is 0.253 e. The minimum absolute atomic E-state index is 0. The number of nitrogen functional groups attached to an aromatic ring is 1. The zero-order valence-electron chi connectivity index (χ0n) is 20.0. The van der Waals surface area contributed by atoms with Crippen molar-refractivity contribution in [2.75, 3.05) is 24.5 Å². The molecule has 3 N–H and O–H groups in total. The Bertz CT molecular complexity index is 1040. The Labute approximate surface area is 208 Å². The van der Waals surface area contributed by atoms with Gasteiger partial charge < -0.3 is 15.5 Å². The summed E-state index contributed by atoms with van der Waals surface area (Å²) < 4.78 is 0. The number of nitrogens with one attached hydrogen (secondary N) is 1. The summed E-state index contributed by atoms with van der Waals surface area (Å²) in [5, 5.41) is 7.49. The molecule has 2 aromatic rings. The van der Waals surface area contributed by atoms with Crippen LogP contribution in [0.3, 0.4) is 0 Å². The first kappa shape index (κ1) is 25.8. The van der Waals surface area contributed by atoms with Crippen LogP contribution in [0.4, 0.5) is 5.69 Å². The zero-order valence-corrected chi connectivity index (χ0v) is 20.9. The molecule has 34 heavy (non-hydrogen) atoms. The van der Waals surface area contributed by atoms with Crippen LogP contribution in [0.15, 0.2) is 42.5 Å². The number of carbonyl (C=O) groups excluding carboxylic acids is 2. The predicted octanol–water partition coefficient (Wildman–Crippen LogP) is 4.42. The molecule has 2 aliphatic heterocycles. The minimum Gasteiger partial charge on any atom is -0.384 e. The van der Waals surface area contributed by atoms with Crippen LogP contribution >= 0.6 is 12.4 Å². The van der Waals surface area contributed by atoms with Crippen LogP contribution in [0.25, 0.3) is 0 Å². The normalized spacial score (nSPS) is 19.7. The van der Waals surface area contributed by atoms with E-state index >= 15 is 0 Å². The van der Waals surface area contributed by atoms with Crippen molar-refractivity contribution in [1.29, 1.82) is 5.41 Å². The minimum atomic E-state index is 0. The van der Waals surface area contributed by atoms with Gasteiger partial charge in [0.05, 0.1) is 0 Å². The monoisotopic (exact) mass is 482 g/mol. The number of hydrogen-bond donors (Lipinski definition) is 2. The summed E-state index contributed by atoms with van der Waals surface area (Å²) in [5.41, 5.74) is 10.0. The maximum atomic E-state index is 13.1. The van der Waals surface area contributed by atoms with Gasteiger partial charge in [0.15, 0.2) is 0 Å². The number of likely N-dealkylation sites (tertiary alicyclic amines) is 1. The van der Waals surface area contributed by atoms with Gasteiger partial charge in [-0.1, -0.05) is 38.1 Å². The predicted molar refractivity (Wildman–Crippen MR) is 139 cm³/mol. The molecule has 0 saturated carbocycles. The molecule has 2 atom stereocenters. The Balaban J connectivity index is 0.00000324. The summed E-state index contributed by atoms with van der Waals surface area (Å²) in [6, 6.07) is 13.3. The van der Waals surface area contributed by atoms with E-state index in [0.29, 0.717) is 36.8 Å². The lowest BCUT2D eigenvalue weighted by molar-refractivity contribution is -0.118. The topological polar surface area (TPSA) is 90.5 Å². The first-order valence-electron chi connectivity index (χ1n) is 12.0. The summed E-state index contributed by atoms with van der Waals surface area (Å²) in [4.78, 5) is 30.1. The van der Waals surface area contributed by atoms with Crippen LogP contribution in [0.2, 0.25) is 0 Å². The van der Waals surface area contributed by atoms with Gasteiger partial charge in [0, 0.05) is 42.9 Å². The molecule has 182 valence electrons. The van der Waals surface area contributed by atoms with Crippen LogP contribution in [-0.2, 0) is 17.6 Å². The molecule has 6 nitrogen and oxygen atoms in total. The number of anilines is 1. The number of piperidine rings is 1. The fourth-order valence-electron chi connectivity index (χ4n) is 5.24. The number of nitrogens with zero attached hydrogens (tertiary/aromatic N) is 2. The lowest BCUT2D eigenvalue weighted by Gasteiger charge is -2.35. The average Bonchev–Trinajstić information content (AvgIpc) is 2.81. The largest absolute Gasteiger partial charge is 0.384 e. The maximum absolute atomic E-state index is 13.1. The first-order chi connectivity index (χ1) is 15.8. The van der Waals surface area contributed by atoms with Crippen LogP contribution in [-0.4, -0.2) is 42.2 Å². The van der Waals surface area contributed by atoms with E-state index in [4.69, 9.17) is 11.1 Å². The second kappa shape index (κ2) is 11.0. The number of carbonyl (C=O) groups is 2. The molecule has 4 rings (SSSR count). The number of nitrogens with two attached hydrogens (primary N) is 1. The van der Waals surface area contributed by atoms with Crippen molar-refractivity contribution in [3.8, 4) is 0 Å². The van der Waals surface area contributed by atoms with Crippen molar-refractivity contribution < 1.29 is 9.59 Å². The molecule has 2 unspecified atom stereocenters. The summed E-state index contributed by atoms with van der Waals surface area (Å²) in [5.74, 6) is 1.31. The molecular formula is C27H35ClN4O2. The quantitative estimate of drug-likeness (QED) is 0.488. The standard InChI is InChI=1S/C27H34N4O2.ClH/c1-18-14-19(2)17-30(16-18)27(33)23-10-11-24-22(15-23)4-3-13-31(24)25(32)12-7-20-5-8-21(9-6-20)26(28)29;/h5-6,8-11,15,18-19H,3-4,7,12-14,16-17H2,1-2H3,(H3,28,29);1H. The van der Waals surface area contributed by atoms with Gasteiger partial charge in [-0.05, 0) is 66.8 Å². The van der Waals surface area contributed by atoms with Crippen molar-refractivity contribution in [3.05, 3.63) is 64.7 Å². The van der Waals surface area contributed by atoms with Crippen LogP contribution in [0.1, 0.15) is 60.2 Å². The van der Waals surface area contributed by atoms with Gasteiger partial charge in [-0.3, -0.25) is 15.0 Å². The summed E-state index contributed by atoms with van der Waals surface area (Å²) in [7, 11) is 0. The number of hydrogen-bond acceptors (Lipinski definition) is 3. The van der Waals surface area contributed by atoms with Crippen molar-refractivity contribution in [2.45, 2.75) is 46.0 Å². The second-order valence-electron chi connectivity index (χ2n) is 9.76. The molecule has 2 aromatic carbocycles. The third kappa shape index (κ3) is 5.79. The molecule has 1 saturated heterocycles. The summed E-state index contributed by atoms with van der Waals surface area (Å²) >= 11 is 0. The molecule has 1 fully saturated rings. The SMILES string of the molecule is CC1CC(C)CN(C(=O)c2ccc3c(c2)CCCN3C(=O)CCc2ccc(C(=N)N)cc2)C1.Cl. The lowest BCUT2D eigenvalue weighted by Crippen LogP contribution is -2.42. The molecule has 2 amide bonds. The Morgan fingerprint density at radius 2 is 1.68 bits per heavy atom. The number of rotatable bonds is 5. The van der Waals surface area contributed by atoms with E-state index in [1.807, 2.05) is 52.3 Å². The van der Waals surface area contributed by atoms with Crippen molar-refractivity contribution in [1.82, 2.24) is 4.90 Å². The van der Waals surface area contributed by atoms with Crippen LogP contribution in [0.5, 0.6) is 0 Å². The van der Waals surface area contributed by atoms with Gasteiger partial charge in [0.2, 0.25) is 5.91 Å². The van der Waals surface area contributed by atoms with Crippen molar-refractivity contribution in [2.24, 2.45) is 17.6 Å². The molecule has 0 aliphatic carbocycles. The molecule has 0 radical (unpaired) electrons. The van der Waals surface area contributed by atoms with E-state index in [0.717, 1.165) is 48.3 Å². The van der Waals surface area contributed by atoms with Gasteiger partial charge in [-0.15, -0.1) is 12.4 Å². The third-order valence-corrected chi connectivity index (χ3v) is 6.79. The second-order valence-corrected chi connectivity index (χ2v) is 9.76. The maximum Gasteiger partial charge on any atom is 0.253 e. The molecule has 2 aliphatic rings. The lowest BCUT2D eigenvalue weighted by atomic mass is 9.91. The van der Waals surface area contributed by atoms with Gasteiger partial charge >= 0.3 is 0 Å². The first-order valence-corrected chi connectivity index (χ1v) is 12.0. The fraction of sp³-hybridized carbons (Fsp3) is 0.444. The van der Waals surface area contributed by atoms with E-state index in [-0.39, 0.29) is 30.1 Å². The van der Waals surface area contributed by atoms with Crippen molar-refractivity contribution >= 4 is 35.7 Å². The Kier molecular flexibility index (Phi) is 8.37. The van der Waals surface area contributed by atoms with Crippen LogP contribution < -0.4 is 10.6 Å². The van der Waals surface area contributed by atoms with Crippen molar-refractivity contribution in [3.63, 3.8) is 0 Å². The Morgan fingerprint density at radius 3 is 2.32 bits per heavy atom. The highest BCUT2D eigenvalue weighted by atomic mass is 35.5. The number of amides is 2. The number of fused-ring (bicyclic) bond motifs is 1. The molecule has 0 aromatic heterocycles. The molecular weight excluding hydrogens is 448 g/mol. The van der Waals surface area contributed by atoms with Crippen LogP contribution in [0, 0.1) is 17.2 Å². The Morgan fingerprint density at radius 1 is 1.03 bits per heavy atom. The van der Waals surface area contributed by atoms with Gasteiger partial charge in [-0.2, -0.15) is 0 Å². The Hall–Kier alpha value is -2.86. The van der Waals surface area contributed by atoms with Gasteiger partial charge in [-0.25, -0.2) is 0 Å². The number of aryl methyl sites for hydroxylation is 2. The van der Waals surface area contributed by atoms with E-state index in [1.54, 1.807) is 0 Å². The van der Waals surface area contributed by atoms with Gasteiger partial charge in [0.1, 0.15) is 5.84 Å². The molecule has 0 spiro atoms. The van der Waals surface area contributed by atoms with Gasteiger partial charge in [0.25, 0.3) is 5.91 Å². The van der Waals surface area contributed by atoms with E-state index in [1.165, 1.54) is 6.42 Å². The number of amidine groups is 1. The van der Waals surface area contributed by atoms with E-state index in [2.05, 4.69) is 13.8 Å². The highest BCUT2D eigenvalue weighted by Gasteiger charge is 2.28. The zero-order chi connectivity index (χ0) is 23.5. The fourth-order valence-corrected chi connectivity index (χ4v) is 5.24. The summed E-state index contributed by atoms with van der Waals surface area (Å²) in [6.07, 6.45) is 4.03. The number of halogens is 1. The highest BCUT2D eigenvalue weighted by molar-refractivity contribution is 5.98. The number of benzene rings is 2. The third-order valence-electron chi connectivity index (χ3n) is 6.79. The average molecular weight is 483 g/mol. The van der Waals surface area contributed by atoms with E-state index < -0.39 is 0 Å². The highest BCUT2D eigenvalue weighted by Crippen LogP contribution is 2.30.